The van der Waals surface area contributed by atoms with Crippen molar-refractivity contribution in [2.75, 3.05) is 6.61 Å². The van der Waals surface area contributed by atoms with Crippen molar-refractivity contribution in [1.29, 1.82) is 0 Å². The van der Waals surface area contributed by atoms with E-state index in [1.165, 1.54) is 0 Å². The predicted molar refractivity (Wildman–Crippen MR) is 56.3 cm³/mol. The van der Waals surface area contributed by atoms with Gasteiger partial charge in [-0.25, -0.2) is 4.98 Å². The van der Waals surface area contributed by atoms with Crippen LogP contribution in [0.4, 0.5) is 0 Å². The van der Waals surface area contributed by atoms with Gasteiger partial charge in [-0.1, -0.05) is 0 Å². The number of carbonyl (C=O) groups is 1. The van der Waals surface area contributed by atoms with E-state index in [1.54, 1.807) is 20.0 Å². The van der Waals surface area contributed by atoms with Gasteiger partial charge in [0.25, 0.3) is 0 Å². The summed E-state index contributed by atoms with van der Waals surface area (Å²) in [4.78, 5) is 18.4. The zero-order chi connectivity index (χ0) is 11.3. The van der Waals surface area contributed by atoms with Crippen molar-refractivity contribution >= 4 is 5.97 Å². The van der Waals surface area contributed by atoms with Crippen molar-refractivity contribution in [3.8, 4) is 0 Å². The smallest absolute Gasteiger partial charge is 0.322 e. The number of rotatable bonds is 5. The number of aromatic nitrogens is 2. The molecule has 0 bridgehead atoms. The number of carbonyl (C=O) groups excluding carboxylic acids is 1. The minimum absolute atomic E-state index is 0.228. The van der Waals surface area contributed by atoms with Gasteiger partial charge in [0.1, 0.15) is 11.9 Å². The molecule has 0 aliphatic rings. The maximum absolute atomic E-state index is 11.3. The Labute approximate surface area is 89.2 Å². The minimum atomic E-state index is -0.298. The molecular weight excluding hydrogens is 194 g/mol. The maximum atomic E-state index is 11.3. The number of ether oxygens (including phenoxy) is 1. The third kappa shape index (κ3) is 3.71. The number of aryl methyl sites for hydroxylation is 1. The molecule has 1 unspecified atom stereocenters. The van der Waals surface area contributed by atoms with Crippen molar-refractivity contribution < 1.29 is 9.53 Å². The van der Waals surface area contributed by atoms with E-state index in [2.05, 4.69) is 15.3 Å². The molecule has 1 aromatic rings. The van der Waals surface area contributed by atoms with Crippen molar-refractivity contribution in [3.05, 3.63) is 17.7 Å². The van der Waals surface area contributed by atoms with Crippen LogP contribution in [0.1, 0.15) is 25.4 Å². The monoisotopic (exact) mass is 211 g/mol. The van der Waals surface area contributed by atoms with Crippen LogP contribution in [0.3, 0.4) is 0 Å². The number of nitrogens with one attached hydrogen (secondary N) is 2. The summed E-state index contributed by atoms with van der Waals surface area (Å²) in [6.07, 6.45) is 1.75. The zero-order valence-electron chi connectivity index (χ0n) is 9.33. The first-order valence-electron chi connectivity index (χ1n) is 5.04. The van der Waals surface area contributed by atoms with Crippen molar-refractivity contribution in [3.63, 3.8) is 0 Å². The third-order valence-electron chi connectivity index (χ3n) is 1.99. The first-order chi connectivity index (χ1) is 7.13. The molecule has 1 heterocycles. The standard InChI is InChI=1S/C10H17N3O2/c1-4-15-10(14)7(2)11-5-9-6-12-8(3)13-9/h6-7,11H,4-5H2,1-3H3,(H,12,13). The number of hydrogen-bond acceptors (Lipinski definition) is 4. The zero-order valence-corrected chi connectivity index (χ0v) is 9.33. The van der Waals surface area contributed by atoms with Crippen LogP contribution in [-0.2, 0) is 16.1 Å². The summed E-state index contributed by atoms with van der Waals surface area (Å²) in [5, 5.41) is 3.05. The molecule has 1 aromatic heterocycles. The molecule has 0 fully saturated rings. The Morgan fingerprint density at radius 3 is 3.00 bits per heavy atom. The molecule has 0 saturated carbocycles. The van der Waals surface area contributed by atoms with Crippen LogP contribution in [-0.4, -0.2) is 28.6 Å². The molecule has 2 N–H and O–H groups in total. The molecule has 0 radical (unpaired) electrons. The fourth-order valence-electron chi connectivity index (χ4n) is 1.18. The van der Waals surface area contributed by atoms with Gasteiger partial charge in [-0.05, 0) is 20.8 Å². The van der Waals surface area contributed by atoms with Crippen LogP contribution in [0.2, 0.25) is 0 Å². The van der Waals surface area contributed by atoms with Gasteiger partial charge in [-0.15, -0.1) is 0 Å². The highest BCUT2D eigenvalue weighted by atomic mass is 16.5. The van der Waals surface area contributed by atoms with Gasteiger partial charge < -0.3 is 9.72 Å². The quantitative estimate of drug-likeness (QED) is 0.706. The molecule has 0 spiro atoms. The highest BCUT2D eigenvalue weighted by Crippen LogP contribution is 1.96. The van der Waals surface area contributed by atoms with E-state index in [9.17, 15) is 4.79 Å². The average Bonchev–Trinajstić information content (AvgIpc) is 2.61. The Bertz CT molecular complexity index is 322. The van der Waals surface area contributed by atoms with Gasteiger partial charge >= 0.3 is 5.97 Å². The summed E-state index contributed by atoms with van der Waals surface area (Å²) in [7, 11) is 0. The SMILES string of the molecule is CCOC(=O)C(C)NCc1cnc(C)[nH]1. The van der Waals surface area contributed by atoms with Gasteiger partial charge in [-0.2, -0.15) is 0 Å². The highest BCUT2D eigenvalue weighted by Gasteiger charge is 2.12. The lowest BCUT2D eigenvalue weighted by molar-refractivity contribution is -0.145. The second kappa shape index (κ2) is 5.50. The van der Waals surface area contributed by atoms with Crippen LogP contribution in [0.15, 0.2) is 6.20 Å². The van der Waals surface area contributed by atoms with E-state index in [1.807, 2.05) is 6.92 Å². The first-order valence-corrected chi connectivity index (χ1v) is 5.04. The van der Waals surface area contributed by atoms with Crippen LogP contribution in [0.25, 0.3) is 0 Å². The van der Waals surface area contributed by atoms with E-state index in [-0.39, 0.29) is 12.0 Å². The second-order valence-electron chi connectivity index (χ2n) is 3.35. The van der Waals surface area contributed by atoms with Gasteiger partial charge in [0.15, 0.2) is 0 Å². The van der Waals surface area contributed by atoms with Gasteiger partial charge in [0.05, 0.1) is 6.61 Å². The number of imidazole rings is 1. The number of aromatic amines is 1. The van der Waals surface area contributed by atoms with Crippen LogP contribution in [0.5, 0.6) is 0 Å². The minimum Gasteiger partial charge on any atom is -0.465 e. The molecule has 0 aliphatic carbocycles. The summed E-state index contributed by atoms with van der Waals surface area (Å²) >= 11 is 0. The summed E-state index contributed by atoms with van der Waals surface area (Å²) in [5.41, 5.74) is 0.962. The molecule has 0 aliphatic heterocycles. The van der Waals surface area contributed by atoms with Crippen molar-refractivity contribution in [1.82, 2.24) is 15.3 Å². The summed E-state index contributed by atoms with van der Waals surface area (Å²) < 4.78 is 4.87. The molecule has 0 aromatic carbocycles. The van der Waals surface area contributed by atoms with Gasteiger partial charge in [-0.3, -0.25) is 10.1 Å². The number of H-pyrrole nitrogens is 1. The average molecular weight is 211 g/mol. The Morgan fingerprint density at radius 1 is 1.73 bits per heavy atom. The number of esters is 1. The fourth-order valence-corrected chi connectivity index (χ4v) is 1.18. The van der Waals surface area contributed by atoms with E-state index in [4.69, 9.17) is 4.74 Å². The van der Waals surface area contributed by atoms with E-state index in [0.29, 0.717) is 13.2 Å². The predicted octanol–water partition coefficient (Wildman–Crippen LogP) is 0.759. The van der Waals surface area contributed by atoms with E-state index < -0.39 is 0 Å². The molecule has 1 atom stereocenters. The van der Waals surface area contributed by atoms with Crippen molar-refractivity contribution in [2.24, 2.45) is 0 Å². The highest BCUT2D eigenvalue weighted by molar-refractivity contribution is 5.75. The first kappa shape index (κ1) is 11.7. The summed E-state index contributed by atoms with van der Waals surface area (Å²) in [5.74, 6) is 0.643. The molecule has 0 amide bonds. The molecule has 5 heteroatoms. The normalized spacial score (nSPS) is 12.5. The molecule has 5 nitrogen and oxygen atoms in total. The molecule has 84 valence electrons. The Kier molecular flexibility index (Phi) is 4.30. The molecule has 0 saturated heterocycles. The largest absolute Gasteiger partial charge is 0.465 e. The second-order valence-corrected chi connectivity index (χ2v) is 3.35. The van der Waals surface area contributed by atoms with Gasteiger partial charge in [0.2, 0.25) is 0 Å². The van der Waals surface area contributed by atoms with Crippen LogP contribution in [0, 0.1) is 6.92 Å². The van der Waals surface area contributed by atoms with Crippen LogP contribution < -0.4 is 5.32 Å². The van der Waals surface area contributed by atoms with E-state index >= 15 is 0 Å². The molecule has 15 heavy (non-hydrogen) atoms. The lowest BCUT2D eigenvalue weighted by Gasteiger charge is -2.11. The van der Waals surface area contributed by atoms with Crippen LogP contribution >= 0.6 is 0 Å². The maximum Gasteiger partial charge on any atom is 0.322 e. The third-order valence-corrected chi connectivity index (χ3v) is 1.99. The lowest BCUT2D eigenvalue weighted by atomic mass is 10.3. The fraction of sp³-hybridized carbons (Fsp3) is 0.600. The summed E-state index contributed by atoms with van der Waals surface area (Å²) in [6.45, 7) is 6.46. The lowest BCUT2D eigenvalue weighted by Crippen LogP contribution is -2.34. The molecular formula is C10H17N3O2. The summed E-state index contributed by atoms with van der Waals surface area (Å²) in [6, 6.07) is -0.298. The van der Waals surface area contributed by atoms with E-state index in [0.717, 1.165) is 11.5 Å². The number of nitrogens with zero attached hydrogens (tertiary/aromatic N) is 1. The Hall–Kier alpha value is -1.36. The molecule has 1 rings (SSSR count). The topological polar surface area (TPSA) is 67.0 Å². The Balaban J connectivity index is 2.33. The number of hydrogen-bond donors (Lipinski definition) is 2. The Morgan fingerprint density at radius 2 is 2.47 bits per heavy atom. The van der Waals surface area contributed by atoms with Gasteiger partial charge in [0, 0.05) is 18.4 Å². The van der Waals surface area contributed by atoms with Crippen molar-refractivity contribution in [2.45, 2.75) is 33.4 Å².